The van der Waals surface area contributed by atoms with Gasteiger partial charge in [0, 0.05) is 49.2 Å². The van der Waals surface area contributed by atoms with Crippen molar-refractivity contribution >= 4 is 28.9 Å². The number of benzene rings is 2. The lowest BCUT2D eigenvalue weighted by Crippen LogP contribution is -2.33. The molecule has 0 saturated heterocycles. The average Bonchev–Trinajstić information content (AvgIpc) is 2.74. The van der Waals surface area contributed by atoms with E-state index in [9.17, 15) is 9.59 Å². The number of hydrogen-bond donors (Lipinski definition) is 1. The molecule has 0 aromatic heterocycles. The summed E-state index contributed by atoms with van der Waals surface area (Å²) in [5.41, 5.74) is 4.62. The van der Waals surface area contributed by atoms with Gasteiger partial charge < -0.3 is 15.1 Å². The molecule has 2 amide bonds. The van der Waals surface area contributed by atoms with Gasteiger partial charge in [-0.3, -0.25) is 9.59 Å². The van der Waals surface area contributed by atoms with E-state index in [-0.39, 0.29) is 11.8 Å². The topological polar surface area (TPSA) is 52.7 Å². The number of nitrogens with one attached hydrogen (secondary N) is 1. The number of hydrogen-bond acceptors (Lipinski definition) is 3. The Kier molecular flexibility index (Phi) is 6.91. The number of fused-ring (bicyclic) bond motifs is 1. The van der Waals surface area contributed by atoms with Crippen LogP contribution in [0.4, 0.5) is 17.1 Å². The van der Waals surface area contributed by atoms with Crippen LogP contribution >= 0.6 is 0 Å². The summed E-state index contributed by atoms with van der Waals surface area (Å²) >= 11 is 0. The molecule has 29 heavy (non-hydrogen) atoms. The summed E-state index contributed by atoms with van der Waals surface area (Å²) in [6.07, 6.45) is 4.19. The first kappa shape index (κ1) is 20.9. The molecule has 5 heteroatoms. The minimum absolute atomic E-state index is 0.0582. The van der Waals surface area contributed by atoms with Gasteiger partial charge in [-0.2, -0.15) is 0 Å². The summed E-state index contributed by atoms with van der Waals surface area (Å²) < 4.78 is 0. The van der Waals surface area contributed by atoms with Crippen molar-refractivity contribution in [1.29, 1.82) is 0 Å². The largest absolute Gasteiger partial charge is 0.372 e. The van der Waals surface area contributed by atoms with Gasteiger partial charge in [0.25, 0.3) is 5.91 Å². The smallest absolute Gasteiger partial charge is 0.255 e. The number of nitrogens with zero attached hydrogens (tertiary/aromatic N) is 2. The fraction of sp³-hybridized carbons (Fsp3) is 0.417. The Hall–Kier alpha value is -2.82. The van der Waals surface area contributed by atoms with Crippen molar-refractivity contribution in [3.63, 3.8) is 0 Å². The maximum absolute atomic E-state index is 12.7. The Morgan fingerprint density at radius 1 is 1.10 bits per heavy atom. The van der Waals surface area contributed by atoms with Crippen molar-refractivity contribution in [2.45, 2.75) is 46.5 Å². The monoisotopic (exact) mass is 393 g/mol. The molecule has 3 rings (SSSR count). The molecule has 0 saturated carbocycles. The predicted octanol–water partition coefficient (Wildman–Crippen LogP) is 4.86. The van der Waals surface area contributed by atoms with Crippen LogP contribution in [-0.2, 0) is 11.2 Å². The number of carbonyl (C=O) groups excluding carboxylic acids is 2. The first-order valence-electron chi connectivity index (χ1n) is 10.6. The second-order valence-corrected chi connectivity index (χ2v) is 7.55. The number of carbonyl (C=O) groups is 2. The summed E-state index contributed by atoms with van der Waals surface area (Å²) in [5.74, 6) is -0.0600. The summed E-state index contributed by atoms with van der Waals surface area (Å²) in [5, 5.41) is 2.99. The van der Waals surface area contributed by atoms with E-state index in [2.05, 4.69) is 24.1 Å². The first-order chi connectivity index (χ1) is 14.0. The van der Waals surface area contributed by atoms with Crippen LogP contribution in [0.3, 0.4) is 0 Å². The third kappa shape index (κ3) is 4.97. The van der Waals surface area contributed by atoms with Crippen LogP contribution in [0.5, 0.6) is 0 Å². The molecular weight excluding hydrogens is 362 g/mol. The Labute approximate surface area is 173 Å². The summed E-state index contributed by atoms with van der Waals surface area (Å²) in [4.78, 5) is 28.6. The van der Waals surface area contributed by atoms with Gasteiger partial charge >= 0.3 is 0 Å². The van der Waals surface area contributed by atoms with Gasteiger partial charge in [-0.1, -0.05) is 13.3 Å². The van der Waals surface area contributed by atoms with Crippen LogP contribution in [-0.4, -0.2) is 31.4 Å². The molecule has 2 aromatic carbocycles. The van der Waals surface area contributed by atoms with E-state index < -0.39 is 0 Å². The second kappa shape index (κ2) is 9.59. The number of rotatable bonds is 7. The first-order valence-corrected chi connectivity index (χ1v) is 10.6. The minimum atomic E-state index is -0.118. The van der Waals surface area contributed by atoms with Crippen molar-refractivity contribution in [3.8, 4) is 0 Å². The molecule has 0 fully saturated rings. The fourth-order valence-electron chi connectivity index (χ4n) is 3.85. The summed E-state index contributed by atoms with van der Waals surface area (Å²) in [6, 6.07) is 13.6. The van der Waals surface area contributed by atoms with Crippen molar-refractivity contribution in [2.24, 2.45) is 0 Å². The Balaban J connectivity index is 1.69. The third-order valence-corrected chi connectivity index (χ3v) is 5.49. The van der Waals surface area contributed by atoms with Crippen molar-refractivity contribution < 1.29 is 9.59 Å². The maximum Gasteiger partial charge on any atom is 0.255 e. The van der Waals surface area contributed by atoms with Crippen LogP contribution in [0.15, 0.2) is 42.5 Å². The molecule has 1 N–H and O–H groups in total. The second-order valence-electron chi connectivity index (χ2n) is 7.55. The minimum Gasteiger partial charge on any atom is -0.372 e. The zero-order valence-corrected chi connectivity index (χ0v) is 17.7. The van der Waals surface area contributed by atoms with E-state index in [0.29, 0.717) is 5.56 Å². The lowest BCUT2D eigenvalue weighted by Gasteiger charge is -2.29. The Morgan fingerprint density at radius 3 is 2.52 bits per heavy atom. The van der Waals surface area contributed by atoms with Gasteiger partial charge in [0.2, 0.25) is 5.91 Å². The van der Waals surface area contributed by atoms with Crippen molar-refractivity contribution in [2.75, 3.05) is 34.8 Å². The zero-order valence-electron chi connectivity index (χ0n) is 17.7. The Morgan fingerprint density at radius 2 is 1.86 bits per heavy atom. The SMILES string of the molecule is CCCCN(CC)c1ccc(C(=O)Nc2ccc3c(c2)CCCN3C(C)=O)cc1. The number of amides is 2. The molecule has 1 heterocycles. The van der Waals surface area contributed by atoms with Crippen molar-refractivity contribution in [3.05, 3.63) is 53.6 Å². The van der Waals surface area contributed by atoms with E-state index >= 15 is 0 Å². The number of anilines is 3. The highest BCUT2D eigenvalue weighted by Crippen LogP contribution is 2.30. The maximum atomic E-state index is 12.7. The highest BCUT2D eigenvalue weighted by molar-refractivity contribution is 6.04. The molecule has 2 aromatic rings. The van der Waals surface area contributed by atoms with Crippen molar-refractivity contribution in [1.82, 2.24) is 0 Å². The van der Waals surface area contributed by atoms with Crippen LogP contribution < -0.4 is 15.1 Å². The predicted molar refractivity (Wildman–Crippen MR) is 120 cm³/mol. The molecule has 0 aliphatic carbocycles. The van der Waals surface area contributed by atoms with Gasteiger partial charge in [-0.15, -0.1) is 0 Å². The normalized spacial score (nSPS) is 13.0. The molecule has 154 valence electrons. The van der Waals surface area contributed by atoms with Crippen LogP contribution in [0.25, 0.3) is 0 Å². The summed E-state index contributed by atoms with van der Waals surface area (Å²) in [7, 11) is 0. The lowest BCUT2D eigenvalue weighted by atomic mass is 10.0. The molecule has 1 aliphatic heterocycles. The third-order valence-electron chi connectivity index (χ3n) is 5.49. The quantitative estimate of drug-likeness (QED) is 0.730. The highest BCUT2D eigenvalue weighted by atomic mass is 16.2. The van der Waals surface area contributed by atoms with Crippen LogP contribution in [0.2, 0.25) is 0 Å². The van der Waals surface area contributed by atoms with E-state index in [4.69, 9.17) is 0 Å². The van der Waals surface area contributed by atoms with E-state index in [1.165, 1.54) is 6.42 Å². The van der Waals surface area contributed by atoms with Gasteiger partial charge in [-0.25, -0.2) is 0 Å². The number of unbranched alkanes of at least 4 members (excludes halogenated alkanes) is 1. The molecule has 1 aliphatic rings. The van der Waals surface area contributed by atoms with Crippen LogP contribution in [0.1, 0.15) is 56.0 Å². The molecule has 0 radical (unpaired) electrons. The van der Waals surface area contributed by atoms with Gasteiger partial charge in [0.1, 0.15) is 0 Å². The summed E-state index contributed by atoms with van der Waals surface area (Å²) in [6.45, 7) is 8.69. The molecule has 0 bridgehead atoms. The standard InChI is InChI=1S/C24H31N3O2/c1-4-6-15-26(5-2)22-12-9-19(10-13-22)24(29)25-21-11-14-23-20(17-21)8-7-16-27(23)18(3)28/h9-14,17H,4-8,15-16H2,1-3H3,(H,25,29). The van der Waals surface area contributed by atoms with E-state index in [1.54, 1.807) is 11.8 Å². The zero-order chi connectivity index (χ0) is 20.8. The van der Waals surface area contributed by atoms with E-state index in [1.807, 2.05) is 42.5 Å². The molecular formula is C24H31N3O2. The van der Waals surface area contributed by atoms with Gasteiger partial charge in [0.15, 0.2) is 0 Å². The highest BCUT2D eigenvalue weighted by Gasteiger charge is 2.20. The van der Waals surface area contributed by atoms with Crippen LogP contribution in [0, 0.1) is 0 Å². The average molecular weight is 394 g/mol. The molecule has 0 spiro atoms. The molecule has 0 unspecified atom stereocenters. The molecule has 0 atom stereocenters. The Bertz CT molecular complexity index is 861. The number of aryl methyl sites for hydroxylation is 1. The molecule has 5 nitrogen and oxygen atoms in total. The fourth-order valence-corrected chi connectivity index (χ4v) is 3.85. The lowest BCUT2D eigenvalue weighted by molar-refractivity contribution is -0.116. The van der Waals surface area contributed by atoms with Gasteiger partial charge in [0.05, 0.1) is 0 Å². The van der Waals surface area contributed by atoms with E-state index in [0.717, 1.165) is 61.5 Å². The van der Waals surface area contributed by atoms with Gasteiger partial charge in [-0.05, 0) is 74.2 Å².